The number of halogens is 1. The smallest absolute Gasteiger partial charge is 0.274 e. The van der Waals surface area contributed by atoms with Gasteiger partial charge in [0.25, 0.3) is 5.91 Å². The Morgan fingerprint density at radius 2 is 2.20 bits per heavy atom. The molecular formula is C17H18FN5O2. The van der Waals surface area contributed by atoms with Crippen LogP contribution in [0.25, 0.3) is 0 Å². The Hall–Kier alpha value is -3.16. The fourth-order valence-corrected chi connectivity index (χ4v) is 2.27. The number of ether oxygens (including phenoxy) is 1. The number of hydrogen-bond donors (Lipinski definition) is 2. The number of H-pyrrole nitrogens is 2. The van der Waals surface area contributed by atoms with E-state index in [1.807, 2.05) is 0 Å². The van der Waals surface area contributed by atoms with E-state index in [-0.39, 0.29) is 18.3 Å². The summed E-state index contributed by atoms with van der Waals surface area (Å²) in [5.41, 5.74) is 1.91. The predicted octanol–water partition coefficient (Wildman–Crippen LogP) is 2.17. The van der Waals surface area contributed by atoms with Gasteiger partial charge in [-0.2, -0.15) is 10.2 Å². The van der Waals surface area contributed by atoms with Crippen LogP contribution in [0.15, 0.2) is 42.7 Å². The van der Waals surface area contributed by atoms with Crippen molar-refractivity contribution in [3.8, 4) is 5.75 Å². The van der Waals surface area contributed by atoms with Gasteiger partial charge >= 0.3 is 0 Å². The average Bonchev–Trinajstić information content (AvgIpc) is 3.30. The number of carbonyl (C=O) groups excluding carboxylic acids is 1. The Kier molecular flexibility index (Phi) is 5.08. The minimum atomic E-state index is -0.433. The van der Waals surface area contributed by atoms with Crippen LogP contribution in [0.2, 0.25) is 0 Å². The fourth-order valence-electron chi connectivity index (χ4n) is 2.27. The van der Waals surface area contributed by atoms with Crippen molar-refractivity contribution >= 4 is 5.91 Å². The second kappa shape index (κ2) is 7.61. The van der Waals surface area contributed by atoms with Crippen LogP contribution in [0.1, 0.15) is 21.7 Å². The lowest BCUT2D eigenvalue weighted by molar-refractivity contribution is 0.0791. The van der Waals surface area contributed by atoms with E-state index in [2.05, 4.69) is 20.4 Å². The summed E-state index contributed by atoms with van der Waals surface area (Å²) in [7, 11) is 1.71. The maximum atomic E-state index is 13.5. The van der Waals surface area contributed by atoms with Gasteiger partial charge in [-0.1, -0.05) is 12.1 Å². The predicted molar refractivity (Wildman–Crippen MR) is 88.6 cm³/mol. The van der Waals surface area contributed by atoms with Gasteiger partial charge in [0.2, 0.25) is 0 Å². The van der Waals surface area contributed by atoms with E-state index >= 15 is 0 Å². The molecule has 0 aliphatic rings. The molecule has 0 fully saturated rings. The summed E-state index contributed by atoms with van der Waals surface area (Å²) in [4.78, 5) is 14.0. The third-order valence-corrected chi connectivity index (χ3v) is 3.71. The Morgan fingerprint density at radius 1 is 1.36 bits per heavy atom. The van der Waals surface area contributed by atoms with Gasteiger partial charge in [-0.15, -0.1) is 0 Å². The molecule has 0 unspecified atom stereocenters. The van der Waals surface area contributed by atoms with Crippen LogP contribution in [0.5, 0.6) is 5.75 Å². The average molecular weight is 343 g/mol. The van der Waals surface area contributed by atoms with Crippen LogP contribution in [0.3, 0.4) is 0 Å². The van der Waals surface area contributed by atoms with Crippen molar-refractivity contribution in [2.75, 3.05) is 13.6 Å². The van der Waals surface area contributed by atoms with E-state index in [1.54, 1.807) is 48.6 Å². The molecule has 0 bridgehead atoms. The van der Waals surface area contributed by atoms with Crippen molar-refractivity contribution in [3.63, 3.8) is 0 Å². The van der Waals surface area contributed by atoms with Crippen molar-refractivity contribution in [2.24, 2.45) is 0 Å². The quantitative estimate of drug-likeness (QED) is 0.688. The van der Waals surface area contributed by atoms with Crippen LogP contribution < -0.4 is 4.74 Å². The molecule has 1 amide bonds. The molecule has 130 valence electrons. The SMILES string of the molecule is CN(CCc1cn[nH]c1)C(=O)c1cc(COc2ccccc2F)[nH]n1. The molecule has 3 rings (SSSR count). The van der Waals surface area contributed by atoms with Crippen LogP contribution in [0.4, 0.5) is 4.39 Å². The summed E-state index contributed by atoms with van der Waals surface area (Å²) in [6.45, 7) is 0.645. The molecule has 2 heterocycles. The number of hydrogen-bond acceptors (Lipinski definition) is 4. The zero-order chi connectivity index (χ0) is 17.6. The van der Waals surface area contributed by atoms with Crippen LogP contribution >= 0.6 is 0 Å². The van der Waals surface area contributed by atoms with E-state index in [0.29, 0.717) is 24.4 Å². The first-order valence-corrected chi connectivity index (χ1v) is 7.78. The molecule has 0 radical (unpaired) electrons. The molecule has 3 aromatic rings. The number of benzene rings is 1. The fraction of sp³-hybridized carbons (Fsp3) is 0.235. The second-order valence-corrected chi connectivity index (χ2v) is 5.58. The monoisotopic (exact) mass is 343 g/mol. The third-order valence-electron chi connectivity index (χ3n) is 3.71. The summed E-state index contributed by atoms with van der Waals surface area (Å²) in [6, 6.07) is 7.76. The van der Waals surface area contributed by atoms with Crippen LogP contribution in [0, 0.1) is 5.82 Å². The highest BCUT2D eigenvalue weighted by molar-refractivity contribution is 5.92. The maximum absolute atomic E-state index is 13.5. The number of carbonyl (C=O) groups is 1. The highest BCUT2D eigenvalue weighted by atomic mass is 19.1. The van der Waals surface area contributed by atoms with Gasteiger partial charge in [0, 0.05) is 19.8 Å². The minimum Gasteiger partial charge on any atom is -0.484 e. The van der Waals surface area contributed by atoms with Gasteiger partial charge in [0.05, 0.1) is 11.9 Å². The molecule has 0 spiro atoms. The number of amides is 1. The number of rotatable bonds is 7. The molecule has 2 N–H and O–H groups in total. The number of aromatic amines is 2. The maximum Gasteiger partial charge on any atom is 0.274 e. The number of likely N-dealkylation sites (N-methyl/N-ethyl adjacent to an activating group) is 1. The van der Waals surface area contributed by atoms with Gasteiger partial charge < -0.3 is 9.64 Å². The molecular weight excluding hydrogens is 325 g/mol. The lowest BCUT2D eigenvalue weighted by Crippen LogP contribution is -2.29. The second-order valence-electron chi connectivity index (χ2n) is 5.58. The molecule has 0 saturated carbocycles. The lowest BCUT2D eigenvalue weighted by atomic mass is 10.2. The molecule has 1 aromatic carbocycles. The van der Waals surface area contributed by atoms with E-state index in [9.17, 15) is 9.18 Å². The summed E-state index contributed by atoms with van der Waals surface area (Å²) < 4.78 is 18.9. The summed E-state index contributed by atoms with van der Waals surface area (Å²) in [5, 5.41) is 13.4. The van der Waals surface area contributed by atoms with E-state index in [4.69, 9.17) is 4.74 Å². The Labute approximate surface area is 143 Å². The van der Waals surface area contributed by atoms with Gasteiger partial charge in [-0.3, -0.25) is 15.0 Å². The Balaban J connectivity index is 1.55. The standard InChI is InChI=1S/C17H18FN5O2/c1-23(7-6-12-9-19-20-10-12)17(24)15-8-13(21-22-15)11-25-16-5-3-2-4-14(16)18/h2-5,8-10H,6-7,11H2,1H3,(H,19,20)(H,21,22). The van der Waals surface area contributed by atoms with Crippen molar-refractivity contribution in [1.82, 2.24) is 25.3 Å². The number of nitrogens with zero attached hydrogens (tertiary/aromatic N) is 3. The van der Waals surface area contributed by atoms with Crippen molar-refractivity contribution in [1.29, 1.82) is 0 Å². The van der Waals surface area contributed by atoms with Gasteiger partial charge in [0.1, 0.15) is 6.61 Å². The molecule has 0 aliphatic heterocycles. The first kappa shape index (κ1) is 16.7. The number of para-hydroxylation sites is 1. The highest BCUT2D eigenvalue weighted by Gasteiger charge is 2.16. The number of aromatic nitrogens is 4. The highest BCUT2D eigenvalue weighted by Crippen LogP contribution is 2.17. The lowest BCUT2D eigenvalue weighted by Gasteiger charge is -2.14. The summed E-state index contributed by atoms with van der Waals surface area (Å²) in [6.07, 6.45) is 4.22. The van der Waals surface area contributed by atoms with Crippen molar-refractivity contribution < 1.29 is 13.9 Å². The largest absolute Gasteiger partial charge is 0.484 e. The zero-order valence-electron chi connectivity index (χ0n) is 13.7. The molecule has 2 aromatic heterocycles. The third kappa shape index (κ3) is 4.23. The first-order valence-electron chi connectivity index (χ1n) is 7.78. The van der Waals surface area contributed by atoms with Crippen molar-refractivity contribution in [2.45, 2.75) is 13.0 Å². The van der Waals surface area contributed by atoms with Crippen LogP contribution in [-0.2, 0) is 13.0 Å². The Bertz CT molecular complexity index is 831. The molecule has 25 heavy (non-hydrogen) atoms. The summed E-state index contributed by atoms with van der Waals surface area (Å²) >= 11 is 0. The van der Waals surface area contributed by atoms with E-state index in [1.165, 1.54) is 6.07 Å². The molecule has 0 atom stereocenters. The minimum absolute atomic E-state index is 0.0972. The van der Waals surface area contributed by atoms with Crippen LogP contribution in [-0.4, -0.2) is 44.8 Å². The topological polar surface area (TPSA) is 86.9 Å². The van der Waals surface area contributed by atoms with Gasteiger partial charge in [-0.05, 0) is 30.2 Å². The normalized spacial score (nSPS) is 10.6. The molecule has 7 nitrogen and oxygen atoms in total. The molecule has 0 aliphatic carbocycles. The van der Waals surface area contributed by atoms with Gasteiger partial charge in [-0.25, -0.2) is 4.39 Å². The molecule has 8 heteroatoms. The number of nitrogens with one attached hydrogen (secondary N) is 2. The van der Waals surface area contributed by atoms with Gasteiger partial charge in [0.15, 0.2) is 17.3 Å². The Morgan fingerprint density at radius 3 is 2.96 bits per heavy atom. The molecule has 0 saturated heterocycles. The van der Waals surface area contributed by atoms with E-state index < -0.39 is 5.82 Å². The summed E-state index contributed by atoms with van der Waals surface area (Å²) in [5.74, 6) is -0.476. The van der Waals surface area contributed by atoms with E-state index in [0.717, 1.165) is 5.56 Å². The van der Waals surface area contributed by atoms with Crippen molar-refractivity contribution in [3.05, 3.63) is 65.5 Å². The zero-order valence-corrected chi connectivity index (χ0v) is 13.7. The first-order chi connectivity index (χ1) is 12.1.